The highest BCUT2D eigenvalue weighted by Crippen LogP contribution is 2.30. The molecule has 0 aliphatic carbocycles. The number of anilines is 1. The van der Waals surface area contributed by atoms with Gasteiger partial charge < -0.3 is 15.4 Å². The fraction of sp³-hybridized carbons (Fsp3) is 0.192. The van der Waals surface area contributed by atoms with Crippen LogP contribution in [-0.4, -0.2) is 49.9 Å². The van der Waals surface area contributed by atoms with Gasteiger partial charge in [0.2, 0.25) is 5.91 Å². The molecule has 184 valence electrons. The zero-order chi connectivity index (χ0) is 25.3. The van der Waals surface area contributed by atoms with Crippen molar-refractivity contribution in [2.75, 3.05) is 18.5 Å². The molecule has 4 aromatic rings. The number of imidazole rings is 1. The van der Waals surface area contributed by atoms with Crippen LogP contribution in [0.25, 0.3) is 28.2 Å². The minimum Gasteiger partial charge on any atom is -0.390 e. The topological polar surface area (TPSA) is 94.1 Å². The van der Waals surface area contributed by atoms with Crippen molar-refractivity contribution in [3.05, 3.63) is 83.7 Å². The smallest absolute Gasteiger partial charge is 0.283 e. The van der Waals surface area contributed by atoms with Gasteiger partial charge >= 0.3 is 0 Å². The van der Waals surface area contributed by atoms with E-state index in [1.165, 1.54) is 18.3 Å². The van der Waals surface area contributed by atoms with E-state index < -0.39 is 30.8 Å². The van der Waals surface area contributed by atoms with E-state index in [9.17, 15) is 18.0 Å². The highest BCUT2D eigenvalue weighted by Gasteiger charge is 2.33. The number of hydrogen-bond acceptors (Lipinski definition) is 5. The predicted octanol–water partition coefficient (Wildman–Crippen LogP) is 4.36. The van der Waals surface area contributed by atoms with Crippen molar-refractivity contribution in [1.29, 1.82) is 0 Å². The summed E-state index contributed by atoms with van der Waals surface area (Å²) < 4.78 is 41.8. The number of alkyl halides is 2. The monoisotopic (exact) mass is 493 g/mol. The summed E-state index contributed by atoms with van der Waals surface area (Å²) in [5.74, 6) is -4.12. The van der Waals surface area contributed by atoms with E-state index in [-0.39, 0.29) is 0 Å². The van der Waals surface area contributed by atoms with Gasteiger partial charge in [0.05, 0.1) is 30.1 Å². The van der Waals surface area contributed by atoms with Crippen LogP contribution < -0.4 is 5.32 Å². The van der Waals surface area contributed by atoms with Gasteiger partial charge in [0.25, 0.3) is 5.92 Å². The molecule has 2 aromatic carbocycles. The molecule has 1 aliphatic heterocycles. The van der Waals surface area contributed by atoms with E-state index in [0.29, 0.717) is 35.5 Å². The maximum atomic E-state index is 14.7. The molecule has 1 amide bonds. The molecular formula is C26H22F3N5O2. The lowest BCUT2D eigenvalue weighted by Crippen LogP contribution is -2.36. The third-order valence-electron chi connectivity index (χ3n) is 6.00. The number of benzene rings is 2. The lowest BCUT2D eigenvalue weighted by atomic mass is 10.0. The minimum atomic E-state index is -3.17. The lowest BCUT2D eigenvalue weighted by molar-refractivity contribution is -0.111. The summed E-state index contributed by atoms with van der Waals surface area (Å²) in [5.41, 5.74) is 5.10. The number of rotatable bonds is 7. The molecule has 1 aliphatic rings. The van der Waals surface area contributed by atoms with Crippen LogP contribution in [0.3, 0.4) is 0 Å². The van der Waals surface area contributed by atoms with Crippen LogP contribution in [-0.2, 0) is 17.9 Å². The van der Waals surface area contributed by atoms with Gasteiger partial charge in [0.15, 0.2) is 0 Å². The molecule has 36 heavy (non-hydrogen) atoms. The number of carbonyl (C=O) groups is 1. The average molecular weight is 493 g/mol. The standard InChI is InChI=1S/C26H22F3N5O2/c27-21-10-30-9-17(25(21)16-2-5-22-23(8-16)32-15-31-22)3-6-24(36)33-20-4-1-18-11-34(12-19(18)7-20)13-26(28,29)14-35/h1-10,15,35H,11-14H2,(H,31,32)(H,33,36)/b6-3+. The van der Waals surface area contributed by atoms with Gasteiger partial charge in [-0.1, -0.05) is 12.1 Å². The largest absolute Gasteiger partial charge is 0.390 e. The van der Waals surface area contributed by atoms with Crippen LogP contribution >= 0.6 is 0 Å². The number of aromatic nitrogens is 3. The molecule has 3 N–H and O–H groups in total. The first-order valence-electron chi connectivity index (χ1n) is 11.2. The number of hydrogen-bond donors (Lipinski definition) is 3. The summed E-state index contributed by atoms with van der Waals surface area (Å²) in [5, 5.41) is 11.6. The number of nitrogens with one attached hydrogen (secondary N) is 2. The van der Waals surface area contributed by atoms with Crippen molar-refractivity contribution < 1.29 is 23.1 Å². The highest BCUT2D eigenvalue weighted by molar-refractivity contribution is 6.02. The van der Waals surface area contributed by atoms with Gasteiger partial charge in [-0.25, -0.2) is 18.2 Å². The zero-order valence-electron chi connectivity index (χ0n) is 19.0. The van der Waals surface area contributed by atoms with E-state index in [2.05, 4.69) is 20.3 Å². The Balaban J connectivity index is 1.30. The Hall–Kier alpha value is -4.02. The maximum Gasteiger partial charge on any atom is 0.283 e. The number of carbonyl (C=O) groups excluding carboxylic acids is 1. The van der Waals surface area contributed by atoms with E-state index in [4.69, 9.17) is 5.11 Å². The summed E-state index contributed by atoms with van der Waals surface area (Å²) in [7, 11) is 0. The lowest BCUT2D eigenvalue weighted by Gasteiger charge is -2.21. The predicted molar refractivity (Wildman–Crippen MR) is 130 cm³/mol. The quantitative estimate of drug-likeness (QED) is 0.333. The van der Waals surface area contributed by atoms with E-state index >= 15 is 0 Å². The number of H-pyrrole nitrogens is 1. The molecule has 5 rings (SSSR count). The Morgan fingerprint density at radius 2 is 2.00 bits per heavy atom. The molecule has 7 nitrogen and oxygen atoms in total. The minimum absolute atomic E-state index is 0.295. The molecule has 0 atom stereocenters. The van der Waals surface area contributed by atoms with Crippen molar-refractivity contribution in [3.8, 4) is 11.1 Å². The van der Waals surface area contributed by atoms with Gasteiger partial charge in [-0.15, -0.1) is 0 Å². The molecule has 3 heterocycles. The number of aliphatic hydroxyl groups is 1. The zero-order valence-corrected chi connectivity index (χ0v) is 19.0. The van der Waals surface area contributed by atoms with Crippen molar-refractivity contribution in [2.45, 2.75) is 19.0 Å². The summed E-state index contributed by atoms with van der Waals surface area (Å²) in [6.45, 7) is -1.10. The number of aliphatic hydroxyl groups excluding tert-OH is 1. The molecule has 0 radical (unpaired) electrons. The van der Waals surface area contributed by atoms with Crippen LogP contribution in [0.4, 0.5) is 18.9 Å². The Labute approximate surface area is 204 Å². The van der Waals surface area contributed by atoms with E-state index in [1.54, 1.807) is 47.6 Å². The normalized spacial score (nSPS) is 14.0. The number of amides is 1. The summed E-state index contributed by atoms with van der Waals surface area (Å²) in [6.07, 6.45) is 6.93. The second-order valence-corrected chi connectivity index (χ2v) is 8.69. The molecule has 2 aromatic heterocycles. The van der Waals surface area contributed by atoms with Crippen LogP contribution in [0.15, 0.2) is 61.2 Å². The Bertz CT molecular complexity index is 1470. The van der Waals surface area contributed by atoms with Crippen LogP contribution in [0.5, 0.6) is 0 Å². The third kappa shape index (κ3) is 5.00. The highest BCUT2D eigenvalue weighted by atomic mass is 19.3. The molecule has 0 bridgehead atoms. The second-order valence-electron chi connectivity index (χ2n) is 8.69. The molecular weight excluding hydrogens is 471 g/mol. The number of nitrogens with zero attached hydrogens (tertiary/aromatic N) is 3. The average Bonchev–Trinajstić information content (AvgIpc) is 3.48. The number of aromatic amines is 1. The van der Waals surface area contributed by atoms with Crippen molar-refractivity contribution in [3.63, 3.8) is 0 Å². The summed E-state index contributed by atoms with van der Waals surface area (Å²) in [4.78, 5) is 25.2. The first kappa shape index (κ1) is 23.7. The fourth-order valence-electron chi connectivity index (χ4n) is 4.35. The first-order valence-corrected chi connectivity index (χ1v) is 11.2. The van der Waals surface area contributed by atoms with Crippen molar-refractivity contribution in [2.24, 2.45) is 0 Å². The number of halogens is 3. The number of fused-ring (bicyclic) bond motifs is 2. The Morgan fingerprint density at radius 1 is 1.17 bits per heavy atom. The van der Waals surface area contributed by atoms with Crippen LogP contribution in [0, 0.1) is 5.82 Å². The van der Waals surface area contributed by atoms with Crippen LogP contribution in [0.1, 0.15) is 16.7 Å². The van der Waals surface area contributed by atoms with Gasteiger partial charge in [-0.3, -0.25) is 14.7 Å². The Kier molecular flexibility index (Phi) is 6.29. The van der Waals surface area contributed by atoms with Gasteiger partial charge in [-0.2, -0.15) is 0 Å². The third-order valence-corrected chi connectivity index (χ3v) is 6.00. The molecule has 0 unspecified atom stereocenters. The molecule has 10 heteroatoms. The first-order chi connectivity index (χ1) is 17.3. The van der Waals surface area contributed by atoms with Crippen molar-refractivity contribution in [1.82, 2.24) is 19.9 Å². The van der Waals surface area contributed by atoms with Crippen LogP contribution in [0.2, 0.25) is 0 Å². The fourth-order valence-corrected chi connectivity index (χ4v) is 4.35. The Morgan fingerprint density at radius 3 is 2.83 bits per heavy atom. The van der Waals surface area contributed by atoms with Gasteiger partial charge in [0.1, 0.15) is 12.4 Å². The molecule has 0 fully saturated rings. The SMILES string of the molecule is O=C(/C=C/c1cncc(F)c1-c1ccc2nc[nH]c2c1)Nc1ccc2c(c1)CN(CC(F)(F)CO)C2. The second kappa shape index (κ2) is 9.56. The molecule has 0 saturated heterocycles. The van der Waals surface area contributed by atoms with Gasteiger partial charge in [-0.05, 0) is 47.0 Å². The summed E-state index contributed by atoms with van der Waals surface area (Å²) >= 11 is 0. The molecule has 0 spiro atoms. The van der Waals surface area contributed by atoms with E-state index in [0.717, 1.165) is 28.4 Å². The van der Waals surface area contributed by atoms with E-state index in [1.807, 2.05) is 0 Å². The van der Waals surface area contributed by atoms with Gasteiger partial charge in [0, 0.05) is 42.2 Å². The maximum absolute atomic E-state index is 14.7. The summed E-state index contributed by atoms with van der Waals surface area (Å²) in [6, 6.07) is 10.5. The van der Waals surface area contributed by atoms with Crippen molar-refractivity contribution >= 4 is 28.7 Å². The number of pyridine rings is 1. The molecule has 0 saturated carbocycles.